The molecule has 8 nitrogen and oxygen atoms in total. The average Bonchev–Trinajstić information content (AvgIpc) is 3.15. The highest BCUT2D eigenvalue weighted by atomic mass is 32.2. The highest BCUT2D eigenvalue weighted by Gasteiger charge is 2.49. The zero-order valence-electron chi connectivity index (χ0n) is 18.7. The summed E-state index contributed by atoms with van der Waals surface area (Å²) in [5.41, 5.74) is -0.0360. The van der Waals surface area contributed by atoms with Crippen molar-refractivity contribution in [3.8, 4) is 5.75 Å². The van der Waals surface area contributed by atoms with E-state index in [2.05, 4.69) is 0 Å². The van der Waals surface area contributed by atoms with E-state index in [1.165, 1.54) is 16.7 Å². The van der Waals surface area contributed by atoms with Crippen LogP contribution in [0.2, 0.25) is 0 Å². The van der Waals surface area contributed by atoms with E-state index in [0.717, 1.165) is 17.6 Å². The molecule has 31 heavy (non-hydrogen) atoms. The molecule has 0 N–H and O–H groups in total. The highest BCUT2D eigenvalue weighted by Crippen LogP contribution is 2.40. The third kappa shape index (κ3) is 5.58. The SMILES string of the molecule is COc1ccc(CO[C@H]2[C@H](C)[C@@H](C=O)O[C@@H]3SC(N(C)C(=O)OC(C)(C)C)=N[C@H]23)cc1. The molecule has 2 aliphatic heterocycles. The Bertz CT molecular complexity index is 822. The molecule has 1 amide bonds. The van der Waals surface area contributed by atoms with Crippen LogP contribution < -0.4 is 4.74 Å². The van der Waals surface area contributed by atoms with Gasteiger partial charge in [0.15, 0.2) is 5.17 Å². The van der Waals surface area contributed by atoms with E-state index in [-0.39, 0.29) is 18.1 Å². The van der Waals surface area contributed by atoms with Gasteiger partial charge in [0.2, 0.25) is 0 Å². The Morgan fingerprint density at radius 1 is 1.29 bits per heavy atom. The van der Waals surface area contributed by atoms with Crippen LogP contribution >= 0.6 is 11.8 Å². The van der Waals surface area contributed by atoms with Gasteiger partial charge < -0.3 is 23.7 Å². The van der Waals surface area contributed by atoms with E-state index in [4.69, 9.17) is 23.9 Å². The molecular weight excluding hydrogens is 420 g/mol. The predicted molar refractivity (Wildman–Crippen MR) is 118 cm³/mol. The molecule has 1 aromatic rings. The third-order valence-corrected chi connectivity index (χ3v) is 6.33. The van der Waals surface area contributed by atoms with Crippen molar-refractivity contribution < 1.29 is 28.5 Å². The number of benzene rings is 1. The minimum absolute atomic E-state index is 0.187. The zero-order valence-corrected chi connectivity index (χ0v) is 19.5. The van der Waals surface area contributed by atoms with E-state index in [0.29, 0.717) is 11.8 Å². The molecule has 1 aromatic carbocycles. The summed E-state index contributed by atoms with van der Waals surface area (Å²) in [7, 11) is 3.24. The van der Waals surface area contributed by atoms with Crippen molar-refractivity contribution >= 4 is 29.3 Å². The van der Waals surface area contributed by atoms with Crippen LogP contribution in [0.3, 0.4) is 0 Å². The molecule has 0 aromatic heterocycles. The smallest absolute Gasteiger partial charge is 0.416 e. The van der Waals surface area contributed by atoms with Gasteiger partial charge in [-0.15, -0.1) is 0 Å². The van der Waals surface area contributed by atoms with Crippen LogP contribution in [-0.2, 0) is 25.6 Å². The number of hydrogen-bond donors (Lipinski definition) is 0. The number of amidine groups is 1. The molecule has 3 rings (SSSR count). The summed E-state index contributed by atoms with van der Waals surface area (Å²) in [5, 5.41) is 0.487. The zero-order chi connectivity index (χ0) is 22.8. The topological polar surface area (TPSA) is 86.7 Å². The first-order valence-electron chi connectivity index (χ1n) is 10.2. The second kappa shape index (κ2) is 9.58. The third-order valence-electron chi connectivity index (χ3n) is 5.11. The first kappa shape index (κ1) is 23.6. The lowest BCUT2D eigenvalue weighted by Gasteiger charge is -2.39. The molecule has 0 bridgehead atoms. The largest absolute Gasteiger partial charge is 0.497 e. The molecule has 2 aliphatic rings. The number of aliphatic imine (C=N–C) groups is 1. The molecule has 0 spiro atoms. The summed E-state index contributed by atoms with van der Waals surface area (Å²) in [5.74, 6) is 0.586. The van der Waals surface area contributed by atoms with Crippen molar-refractivity contribution in [2.24, 2.45) is 10.9 Å². The van der Waals surface area contributed by atoms with Crippen molar-refractivity contribution in [2.45, 2.75) is 63.6 Å². The minimum atomic E-state index is -0.612. The Kier molecular flexibility index (Phi) is 7.28. The maximum atomic E-state index is 12.5. The molecule has 0 radical (unpaired) electrons. The van der Waals surface area contributed by atoms with Crippen molar-refractivity contribution in [2.75, 3.05) is 14.2 Å². The number of carbonyl (C=O) groups is 2. The summed E-state index contributed by atoms with van der Waals surface area (Å²) >= 11 is 1.31. The number of fused-ring (bicyclic) bond motifs is 1. The van der Waals surface area contributed by atoms with Gasteiger partial charge in [-0.1, -0.05) is 30.8 Å². The molecule has 0 aliphatic carbocycles. The first-order chi connectivity index (χ1) is 14.6. The van der Waals surface area contributed by atoms with Crippen molar-refractivity contribution in [3.63, 3.8) is 0 Å². The standard InChI is InChI=1S/C22H30N2O6S/c1-13-16(11-25)29-19-17(18(13)28-12-14-7-9-15(27-6)10-8-14)23-20(31-19)24(5)21(26)30-22(2,3)4/h7-11,13,16-19H,12H2,1-6H3/t13-,16-,17-,18+,19-/m1/s1. The number of ether oxygens (including phenoxy) is 4. The van der Waals surface area contributed by atoms with E-state index in [1.54, 1.807) is 14.2 Å². The Hall–Kier alpha value is -2.10. The number of carbonyl (C=O) groups excluding carboxylic acids is 2. The second-order valence-electron chi connectivity index (χ2n) is 8.65. The number of aldehydes is 1. The molecule has 9 heteroatoms. The van der Waals surface area contributed by atoms with Crippen LogP contribution in [0.4, 0.5) is 4.79 Å². The van der Waals surface area contributed by atoms with E-state index in [9.17, 15) is 9.59 Å². The normalized spacial score (nSPS) is 27.8. The Labute approximate surface area is 187 Å². The van der Waals surface area contributed by atoms with Gasteiger partial charge in [-0.25, -0.2) is 4.79 Å². The van der Waals surface area contributed by atoms with Crippen molar-refractivity contribution in [3.05, 3.63) is 29.8 Å². The highest BCUT2D eigenvalue weighted by molar-refractivity contribution is 8.14. The molecule has 5 atom stereocenters. The van der Waals surface area contributed by atoms with Gasteiger partial charge in [0.1, 0.15) is 35.2 Å². The second-order valence-corrected chi connectivity index (χ2v) is 9.71. The number of methoxy groups -OCH3 is 1. The van der Waals surface area contributed by atoms with Crippen LogP contribution in [0, 0.1) is 5.92 Å². The summed E-state index contributed by atoms with van der Waals surface area (Å²) in [6.45, 7) is 7.72. The van der Waals surface area contributed by atoms with E-state index < -0.39 is 23.2 Å². The summed E-state index contributed by atoms with van der Waals surface area (Å²) in [6.07, 6.45) is -0.627. The number of hydrogen-bond acceptors (Lipinski definition) is 8. The van der Waals surface area contributed by atoms with Gasteiger partial charge in [0.05, 0.1) is 19.8 Å². The van der Waals surface area contributed by atoms with Crippen LogP contribution in [0.15, 0.2) is 29.3 Å². The molecule has 0 saturated carbocycles. The molecule has 0 unspecified atom stereocenters. The fourth-order valence-corrected chi connectivity index (χ4v) is 4.56. The van der Waals surface area contributed by atoms with Crippen LogP contribution in [0.5, 0.6) is 5.75 Å². The lowest BCUT2D eigenvalue weighted by Crippen LogP contribution is -2.51. The predicted octanol–water partition coefficient (Wildman–Crippen LogP) is 3.48. The van der Waals surface area contributed by atoms with Crippen molar-refractivity contribution in [1.82, 2.24) is 4.90 Å². The quantitative estimate of drug-likeness (QED) is 0.635. The van der Waals surface area contributed by atoms with Crippen molar-refractivity contribution in [1.29, 1.82) is 0 Å². The van der Waals surface area contributed by atoms with Crippen LogP contribution in [-0.4, -0.2) is 65.9 Å². The molecule has 2 heterocycles. The van der Waals surface area contributed by atoms with Crippen LogP contribution in [0.1, 0.15) is 33.3 Å². The van der Waals surface area contributed by atoms with Gasteiger partial charge in [0.25, 0.3) is 0 Å². The van der Waals surface area contributed by atoms with E-state index >= 15 is 0 Å². The first-order valence-corrected chi connectivity index (χ1v) is 11.1. The summed E-state index contributed by atoms with van der Waals surface area (Å²) in [6, 6.07) is 7.29. The van der Waals surface area contributed by atoms with E-state index in [1.807, 2.05) is 52.0 Å². The lowest BCUT2D eigenvalue weighted by molar-refractivity contribution is -0.150. The molecular formula is C22H30N2O6S. The summed E-state index contributed by atoms with van der Waals surface area (Å²) in [4.78, 5) is 30.1. The van der Waals surface area contributed by atoms with Gasteiger partial charge >= 0.3 is 6.09 Å². The fraction of sp³-hybridized carbons (Fsp3) is 0.591. The van der Waals surface area contributed by atoms with Gasteiger partial charge in [-0.3, -0.25) is 9.89 Å². The maximum Gasteiger partial charge on any atom is 0.416 e. The Balaban J connectivity index is 1.75. The minimum Gasteiger partial charge on any atom is -0.497 e. The average molecular weight is 451 g/mol. The number of nitrogens with zero attached hydrogens (tertiary/aromatic N) is 2. The van der Waals surface area contributed by atoms with Gasteiger partial charge in [-0.05, 0) is 38.5 Å². The Morgan fingerprint density at radius 2 is 1.97 bits per heavy atom. The fourth-order valence-electron chi connectivity index (χ4n) is 3.40. The van der Waals surface area contributed by atoms with Crippen LogP contribution in [0.25, 0.3) is 0 Å². The Morgan fingerprint density at radius 3 is 2.55 bits per heavy atom. The molecule has 170 valence electrons. The molecule has 1 saturated heterocycles. The van der Waals surface area contributed by atoms with Gasteiger partial charge in [-0.2, -0.15) is 0 Å². The number of rotatable bonds is 5. The summed E-state index contributed by atoms with van der Waals surface area (Å²) < 4.78 is 22.8. The molecule has 1 fully saturated rings. The number of thioether (sulfide) groups is 1. The van der Waals surface area contributed by atoms with Gasteiger partial charge in [0, 0.05) is 13.0 Å². The number of amides is 1. The lowest BCUT2D eigenvalue weighted by atomic mass is 9.90. The maximum absolute atomic E-state index is 12.5. The monoisotopic (exact) mass is 450 g/mol.